The van der Waals surface area contributed by atoms with Crippen LogP contribution in [0.15, 0.2) is 30.5 Å². The molecule has 0 aliphatic rings. The fourth-order valence-electron chi connectivity index (χ4n) is 1.78. The molecule has 0 aliphatic heterocycles. The number of aromatic nitrogens is 2. The van der Waals surface area contributed by atoms with E-state index < -0.39 is 11.8 Å². The molecule has 0 aliphatic carbocycles. The minimum absolute atomic E-state index is 0.319. The van der Waals surface area contributed by atoms with Crippen LogP contribution in [0.1, 0.15) is 27.4 Å². The SMILES string of the molecule is Cc1nccc(CNCc2ccc(C(=O)O)c(F)c2)n1. The molecule has 0 spiro atoms. The van der Waals surface area contributed by atoms with Crippen LogP contribution in [0, 0.1) is 12.7 Å². The predicted octanol–water partition coefficient (Wildman–Crippen LogP) is 1.91. The molecular weight excluding hydrogens is 261 g/mol. The standard InChI is InChI=1S/C14H14FN3O2/c1-9-17-5-4-11(18-9)8-16-7-10-2-3-12(14(19)20)13(15)6-10/h2-6,16H,7-8H2,1H3,(H,19,20). The number of carboxylic acids is 1. The number of rotatable bonds is 5. The number of aryl methyl sites for hydroxylation is 1. The smallest absolute Gasteiger partial charge is 0.338 e. The summed E-state index contributed by atoms with van der Waals surface area (Å²) in [5, 5.41) is 11.9. The van der Waals surface area contributed by atoms with Crippen LogP contribution in [0.2, 0.25) is 0 Å². The van der Waals surface area contributed by atoms with Crippen molar-refractivity contribution in [1.82, 2.24) is 15.3 Å². The van der Waals surface area contributed by atoms with E-state index in [0.717, 1.165) is 5.69 Å². The lowest BCUT2D eigenvalue weighted by atomic mass is 10.1. The van der Waals surface area contributed by atoms with Crippen LogP contribution in [-0.2, 0) is 13.1 Å². The van der Waals surface area contributed by atoms with Crippen LogP contribution in [0.4, 0.5) is 4.39 Å². The first-order chi connectivity index (χ1) is 9.56. The zero-order valence-corrected chi connectivity index (χ0v) is 10.9. The molecular formula is C14H14FN3O2. The van der Waals surface area contributed by atoms with Gasteiger partial charge in [0.25, 0.3) is 0 Å². The number of hydrogen-bond donors (Lipinski definition) is 2. The van der Waals surface area contributed by atoms with Crippen LogP contribution in [0.5, 0.6) is 0 Å². The molecule has 0 bridgehead atoms. The lowest BCUT2D eigenvalue weighted by Crippen LogP contribution is -2.14. The molecule has 0 atom stereocenters. The minimum atomic E-state index is -1.27. The number of hydrogen-bond acceptors (Lipinski definition) is 4. The van der Waals surface area contributed by atoms with Gasteiger partial charge in [0.1, 0.15) is 11.6 Å². The largest absolute Gasteiger partial charge is 0.478 e. The zero-order valence-electron chi connectivity index (χ0n) is 10.9. The third-order valence-corrected chi connectivity index (χ3v) is 2.73. The lowest BCUT2D eigenvalue weighted by Gasteiger charge is -2.06. The Morgan fingerprint density at radius 3 is 2.80 bits per heavy atom. The predicted molar refractivity (Wildman–Crippen MR) is 70.7 cm³/mol. The zero-order chi connectivity index (χ0) is 14.5. The number of halogens is 1. The molecule has 0 saturated heterocycles. The topological polar surface area (TPSA) is 75.1 Å². The fourth-order valence-corrected chi connectivity index (χ4v) is 1.78. The van der Waals surface area contributed by atoms with E-state index in [0.29, 0.717) is 24.5 Å². The van der Waals surface area contributed by atoms with Gasteiger partial charge in [0.15, 0.2) is 0 Å². The molecule has 1 aromatic carbocycles. The Labute approximate surface area is 115 Å². The Morgan fingerprint density at radius 2 is 2.15 bits per heavy atom. The first-order valence-electron chi connectivity index (χ1n) is 6.07. The van der Waals surface area contributed by atoms with Gasteiger partial charge in [-0.2, -0.15) is 0 Å². The molecule has 1 aromatic heterocycles. The van der Waals surface area contributed by atoms with Crippen molar-refractivity contribution < 1.29 is 14.3 Å². The average molecular weight is 275 g/mol. The highest BCUT2D eigenvalue weighted by Gasteiger charge is 2.10. The Morgan fingerprint density at radius 1 is 1.35 bits per heavy atom. The summed E-state index contributed by atoms with van der Waals surface area (Å²) in [4.78, 5) is 18.9. The summed E-state index contributed by atoms with van der Waals surface area (Å²) in [5.41, 5.74) is 1.21. The second-order valence-corrected chi connectivity index (χ2v) is 4.32. The molecule has 2 N–H and O–H groups in total. The van der Waals surface area contributed by atoms with Crippen molar-refractivity contribution in [1.29, 1.82) is 0 Å². The number of nitrogens with zero attached hydrogens (tertiary/aromatic N) is 2. The Kier molecular flexibility index (Phi) is 4.37. The van der Waals surface area contributed by atoms with E-state index in [1.54, 1.807) is 18.3 Å². The van der Waals surface area contributed by atoms with E-state index in [1.165, 1.54) is 12.1 Å². The van der Waals surface area contributed by atoms with E-state index in [9.17, 15) is 9.18 Å². The van der Waals surface area contributed by atoms with Crippen molar-refractivity contribution in [2.24, 2.45) is 0 Å². The van der Waals surface area contributed by atoms with Crippen molar-refractivity contribution >= 4 is 5.97 Å². The van der Waals surface area contributed by atoms with Crippen molar-refractivity contribution in [3.63, 3.8) is 0 Å². The fraction of sp³-hybridized carbons (Fsp3) is 0.214. The van der Waals surface area contributed by atoms with E-state index in [-0.39, 0.29) is 5.56 Å². The second kappa shape index (κ2) is 6.21. The first-order valence-corrected chi connectivity index (χ1v) is 6.07. The van der Waals surface area contributed by atoms with Crippen LogP contribution in [0.3, 0.4) is 0 Å². The van der Waals surface area contributed by atoms with Gasteiger partial charge in [0, 0.05) is 19.3 Å². The molecule has 0 amide bonds. The molecule has 2 rings (SSSR count). The summed E-state index contributed by atoms with van der Waals surface area (Å²) in [6.07, 6.45) is 1.68. The molecule has 20 heavy (non-hydrogen) atoms. The quantitative estimate of drug-likeness (QED) is 0.871. The maximum absolute atomic E-state index is 13.5. The number of aromatic carboxylic acids is 1. The maximum Gasteiger partial charge on any atom is 0.338 e. The van der Waals surface area contributed by atoms with Crippen LogP contribution < -0.4 is 5.32 Å². The normalized spacial score (nSPS) is 10.5. The van der Waals surface area contributed by atoms with E-state index in [2.05, 4.69) is 15.3 Å². The monoisotopic (exact) mass is 275 g/mol. The van der Waals surface area contributed by atoms with Gasteiger partial charge in [0.05, 0.1) is 11.3 Å². The highest BCUT2D eigenvalue weighted by Crippen LogP contribution is 2.10. The van der Waals surface area contributed by atoms with Crippen molar-refractivity contribution in [2.75, 3.05) is 0 Å². The van der Waals surface area contributed by atoms with Gasteiger partial charge >= 0.3 is 5.97 Å². The molecule has 0 radical (unpaired) electrons. The molecule has 104 valence electrons. The molecule has 0 unspecified atom stereocenters. The minimum Gasteiger partial charge on any atom is -0.478 e. The van der Waals surface area contributed by atoms with Gasteiger partial charge in [-0.1, -0.05) is 6.07 Å². The highest BCUT2D eigenvalue weighted by atomic mass is 19.1. The highest BCUT2D eigenvalue weighted by molar-refractivity contribution is 5.87. The summed E-state index contributed by atoms with van der Waals surface area (Å²) < 4.78 is 13.5. The molecule has 2 aromatic rings. The summed E-state index contributed by atoms with van der Waals surface area (Å²) >= 11 is 0. The van der Waals surface area contributed by atoms with E-state index >= 15 is 0 Å². The van der Waals surface area contributed by atoms with E-state index in [1.807, 2.05) is 6.92 Å². The third kappa shape index (κ3) is 3.58. The Bertz CT molecular complexity index is 632. The number of carboxylic acid groups (broad SMARTS) is 1. The number of benzene rings is 1. The van der Waals surface area contributed by atoms with Gasteiger partial charge < -0.3 is 10.4 Å². The summed E-state index contributed by atoms with van der Waals surface area (Å²) in [5.74, 6) is -1.30. The maximum atomic E-state index is 13.5. The van der Waals surface area contributed by atoms with Crippen molar-refractivity contribution in [3.05, 3.63) is 58.9 Å². The Balaban J connectivity index is 1.94. The van der Waals surface area contributed by atoms with Crippen LogP contribution in [-0.4, -0.2) is 21.0 Å². The lowest BCUT2D eigenvalue weighted by molar-refractivity contribution is 0.0692. The van der Waals surface area contributed by atoms with Gasteiger partial charge in [0.2, 0.25) is 0 Å². The van der Waals surface area contributed by atoms with Gasteiger partial charge in [-0.15, -0.1) is 0 Å². The van der Waals surface area contributed by atoms with Gasteiger partial charge in [-0.25, -0.2) is 19.2 Å². The molecule has 0 fully saturated rings. The number of carbonyl (C=O) groups is 1. The number of nitrogens with one attached hydrogen (secondary N) is 1. The summed E-state index contributed by atoms with van der Waals surface area (Å²) in [7, 11) is 0. The third-order valence-electron chi connectivity index (χ3n) is 2.73. The van der Waals surface area contributed by atoms with Gasteiger partial charge in [-0.05, 0) is 30.7 Å². The first kappa shape index (κ1) is 14.1. The van der Waals surface area contributed by atoms with Crippen LogP contribution >= 0.6 is 0 Å². The molecule has 1 heterocycles. The average Bonchev–Trinajstić information content (AvgIpc) is 2.38. The van der Waals surface area contributed by atoms with Crippen molar-refractivity contribution in [3.8, 4) is 0 Å². The van der Waals surface area contributed by atoms with Gasteiger partial charge in [-0.3, -0.25) is 0 Å². The molecule has 6 heteroatoms. The van der Waals surface area contributed by atoms with Crippen LogP contribution in [0.25, 0.3) is 0 Å². The van der Waals surface area contributed by atoms with E-state index in [4.69, 9.17) is 5.11 Å². The second-order valence-electron chi connectivity index (χ2n) is 4.32. The summed E-state index contributed by atoms with van der Waals surface area (Å²) in [6.45, 7) is 2.77. The van der Waals surface area contributed by atoms with Crippen molar-refractivity contribution in [2.45, 2.75) is 20.0 Å². The summed E-state index contributed by atoms with van der Waals surface area (Å²) in [6, 6.07) is 5.88. The Hall–Kier alpha value is -2.34. The molecule has 5 nitrogen and oxygen atoms in total. The molecule has 0 saturated carbocycles.